The Hall–Kier alpha value is -1.95. The van der Waals surface area contributed by atoms with Gasteiger partial charge in [-0.25, -0.2) is 4.79 Å². The molecule has 0 saturated carbocycles. The molecule has 1 rings (SSSR count). The second-order valence-corrected chi connectivity index (χ2v) is 6.98. The molecule has 21 heavy (non-hydrogen) atoms. The minimum Gasteiger partial charge on any atom is -0.444 e. The lowest BCUT2D eigenvalue weighted by Gasteiger charge is -2.19. The molecular formula is C18H25NO2. The first kappa shape index (κ1) is 17.1. The summed E-state index contributed by atoms with van der Waals surface area (Å²) in [4.78, 5) is 11.4. The Labute approximate surface area is 128 Å². The number of alkyl carbamates (subject to hydrolysis) is 1. The van der Waals surface area contributed by atoms with E-state index < -0.39 is 11.7 Å². The number of rotatable bonds is 1. The van der Waals surface area contributed by atoms with Crippen LogP contribution in [0.15, 0.2) is 24.3 Å². The second-order valence-electron chi connectivity index (χ2n) is 6.98. The molecule has 3 heteroatoms. The lowest BCUT2D eigenvalue weighted by molar-refractivity contribution is 0.0535. The Bertz CT molecular complexity index is 534. The highest BCUT2D eigenvalue weighted by Gasteiger charge is 2.15. The third kappa shape index (κ3) is 6.85. The molecule has 1 N–H and O–H groups in total. The van der Waals surface area contributed by atoms with E-state index in [-0.39, 0.29) is 12.0 Å². The fraction of sp³-hybridized carbons (Fsp3) is 0.500. The van der Waals surface area contributed by atoms with Gasteiger partial charge in [-0.3, -0.25) is 0 Å². The maximum Gasteiger partial charge on any atom is 0.408 e. The van der Waals surface area contributed by atoms with Crippen molar-refractivity contribution in [2.45, 2.75) is 52.6 Å². The molecule has 0 unspecified atom stereocenters. The minimum atomic E-state index is -0.486. The van der Waals surface area contributed by atoms with Crippen molar-refractivity contribution in [3.8, 4) is 11.8 Å². The van der Waals surface area contributed by atoms with E-state index in [9.17, 15) is 4.79 Å². The molecule has 0 spiro atoms. The Morgan fingerprint density at radius 3 is 2.14 bits per heavy atom. The number of hydrogen-bond acceptors (Lipinski definition) is 2. The van der Waals surface area contributed by atoms with E-state index in [1.165, 1.54) is 5.56 Å². The van der Waals surface area contributed by atoms with E-state index in [0.717, 1.165) is 5.56 Å². The first-order valence-corrected chi connectivity index (χ1v) is 7.14. The van der Waals surface area contributed by atoms with E-state index in [4.69, 9.17) is 4.74 Å². The van der Waals surface area contributed by atoms with Gasteiger partial charge in [0.2, 0.25) is 0 Å². The van der Waals surface area contributed by atoms with Crippen LogP contribution in [0.25, 0.3) is 0 Å². The second kappa shape index (κ2) is 6.67. The molecule has 1 aromatic rings. The summed E-state index contributed by atoms with van der Waals surface area (Å²) in [5.41, 5.74) is 1.87. The summed E-state index contributed by atoms with van der Waals surface area (Å²) in [7, 11) is 0. The van der Waals surface area contributed by atoms with Gasteiger partial charge in [-0.15, -0.1) is 0 Å². The third-order valence-corrected chi connectivity index (χ3v) is 2.70. The predicted octanol–water partition coefficient (Wildman–Crippen LogP) is 3.86. The van der Waals surface area contributed by atoms with Crippen molar-refractivity contribution in [1.82, 2.24) is 5.32 Å². The SMILES string of the molecule is CC(C)(C)OC(=O)NCC#Cc1ccc(C(C)(C)C)cc1. The summed E-state index contributed by atoms with van der Waals surface area (Å²) >= 11 is 0. The zero-order valence-corrected chi connectivity index (χ0v) is 13.8. The van der Waals surface area contributed by atoms with E-state index >= 15 is 0 Å². The summed E-state index contributed by atoms with van der Waals surface area (Å²) in [6.07, 6.45) is -0.445. The van der Waals surface area contributed by atoms with E-state index in [0.29, 0.717) is 0 Å². The largest absolute Gasteiger partial charge is 0.444 e. The summed E-state index contributed by atoms with van der Waals surface area (Å²) in [5, 5.41) is 2.61. The van der Waals surface area contributed by atoms with Gasteiger partial charge in [0.25, 0.3) is 0 Å². The number of hydrogen-bond donors (Lipinski definition) is 1. The summed E-state index contributed by atoms with van der Waals surface area (Å²) in [5.74, 6) is 5.94. The zero-order chi connectivity index (χ0) is 16.1. The first-order valence-electron chi connectivity index (χ1n) is 7.14. The van der Waals surface area contributed by atoms with Gasteiger partial charge < -0.3 is 10.1 Å². The van der Waals surface area contributed by atoms with Crippen molar-refractivity contribution < 1.29 is 9.53 Å². The molecule has 1 amide bonds. The molecule has 3 nitrogen and oxygen atoms in total. The molecule has 0 bridgehead atoms. The van der Waals surface area contributed by atoms with Crippen LogP contribution in [0.5, 0.6) is 0 Å². The van der Waals surface area contributed by atoms with Gasteiger partial charge in [-0.2, -0.15) is 0 Å². The standard InChI is InChI=1S/C18H25NO2/c1-17(2,3)15-11-9-14(10-12-15)8-7-13-19-16(20)21-18(4,5)6/h9-12H,13H2,1-6H3,(H,19,20). The highest BCUT2D eigenvalue weighted by Crippen LogP contribution is 2.21. The van der Waals surface area contributed by atoms with Crippen LogP contribution in [0.1, 0.15) is 52.7 Å². The number of benzene rings is 1. The van der Waals surface area contributed by atoms with Crippen molar-refractivity contribution in [1.29, 1.82) is 0 Å². The molecular weight excluding hydrogens is 262 g/mol. The molecule has 1 aromatic carbocycles. The molecule has 0 heterocycles. The number of carbonyl (C=O) groups excluding carboxylic acids is 1. The van der Waals surface area contributed by atoms with Crippen LogP contribution < -0.4 is 5.32 Å². The van der Waals surface area contributed by atoms with Crippen LogP contribution >= 0.6 is 0 Å². The normalized spacial score (nSPS) is 11.3. The van der Waals surface area contributed by atoms with Crippen LogP contribution in [-0.2, 0) is 10.2 Å². The number of ether oxygens (including phenoxy) is 1. The van der Waals surface area contributed by atoms with Crippen LogP contribution in [0.3, 0.4) is 0 Å². The molecule has 0 fully saturated rings. The minimum absolute atomic E-state index is 0.143. The average molecular weight is 287 g/mol. The Morgan fingerprint density at radius 2 is 1.67 bits per heavy atom. The fourth-order valence-corrected chi connectivity index (χ4v) is 1.63. The van der Waals surface area contributed by atoms with Gasteiger partial charge >= 0.3 is 6.09 Å². The lowest BCUT2D eigenvalue weighted by atomic mass is 9.87. The topological polar surface area (TPSA) is 38.3 Å². The number of carbonyl (C=O) groups is 1. The smallest absolute Gasteiger partial charge is 0.408 e. The molecule has 0 aliphatic heterocycles. The summed E-state index contributed by atoms with van der Waals surface area (Å²) in [6.45, 7) is 12.3. The quantitative estimate of drug-likeness (QED) is 0.796. The van der Waals surface area contributed by atoms with Gasteiger partial charge in [-0.1, -0.05) is 44.7 Å². The molecule has 0 aromatic heterocycles. The van der Waals surface area contributed by atoms with Crippen LogP contribution in [0, 0.1) is 11.8 Å². The Morgan fingerprint density at radius 1 is 1.10 bits per heavy atom. The van der Waals surface area contributed by atoms with Crippen molar-refractivity contribution in [2.75, 3.05) is 6.54 Å². The van der Waals surface area contributed by atoms with Gasteiger partial charge in [-0.05, 0) is 43.9 Å². The van der Waals surface area contributed by atoms with Gasteiger partial charge in [0.1, 0.15) is 5.60 Å². The van der Waals surface area contributed by atoms with Crippen molar-refractivity contribution >= 4 is 6.09 Å². The molecule has 0 aliphatic carbocycles. The molecule has 0 atom stereocenters. The van der Waals surface area contributed by atoms with Crippen LogP contribution in [0.4, 0.5) is 4.79 Å². The Kier molecular flexibility index (Phi) is 5.43. The molecule has 0 saturated heterocycles. The van der Waals surface area contributed by atoms with E-state index in [2.05, 4.69) is 50.1 Å². The molecule has 0 radical (unpaired) electrons. The van der Waals surface area contributed by atoms with Crippen molar-refractivity contribution in [3.05, 3.63) is 35.4 Å². The molecule has 0 aliphatic rings. The van der Waals surface area contributed by atoms with Crippen LogP contribution in [0.2, 0.25) is 0 Å². The first-order chi connectivity index (χ1) is 9.58. The maximum absolute atomic E-state index is 11.4. The van der Waals surface area contributed by atoms with Gasteiger partial charge in [0, 0.05) is 5.56 Å². The molecule has 114 valence electrons. The number of amides is 1. The van der Waals surface area contributed by atoms with Gasteiger partial charge in [0.05, 0.1) is 6.54 Å². The third-order valence-electron chi connectivity index (χ3n) is 2.70. The van der Waals surface area contributed by atoms with Gasteiger partial charge in [0.15, 0.2) is 0 Å². The predicted molar refractivity (Wildman–Crippen MR) is 86.3 cm³/mol. The van der Waals surface area contributed by atoms with Crippen LogP contribution in [-0.4, -0.2) is 18.2 Å². The fourth-order valence-electron chi connectivity index (χ4n) is 1.63. The van der Waals surface area contributed by atoms with E-state index in [1.54, 1.807) is 0 Å². The number of nitrogens with one attached hydrogen (secondary N) is 1. The van der Waals surface area contributed by atoms with E-state index in [1.807, 2.05) is 32.9 Å². The highest BCUT2D eigenvalue weighted by atomic mass is 16.6. The highest BCUT2D eigenvalue weighted by molar-refractivity contribution is 5.68. The Balaban J connectivity index is 2.51. The summed E-state index contributed by atoms with van der Waals surface area (Å²) < 4.78 is 5.13. The van der Waals surface area contributed by atoms with Crippen molar-refractivity contribution in [3.63, 3.8) is 0 Å². The average Bonchev–Trinajstić information content (AvgIpc) is 2.32. The summed E-state index contributed by atoms with van der Waals surface area (Å²) in [6, 6.07) is 8.18. The maximum atomic E-state index is 11.4. The monoisotopic (exact) mass is 287 g/mol. The zero-order valence-electron chi connectivity index (χ0n) is 13.8. The van der Waals surface area contributed by atoms with Crippen molar-refractivity contribution in [2.24, 2.45) is 0 Å². The lowest BCUT2D eigenvalue weighted by Crippen LogP contribution is -2.32.